The van der Waals surface area contributed by atoms with E-state index in [2.05, 4.69) is 29.6 Å². The number of ether oxygens (including phenoxy) is 2. The molecule has 3 rings (SSSR count). The van der Waals surface area contributed by atoms with Crippen LogP contribution in [-0.4, -0.2) is 30.9 Å². The minimum atomic E-state index is -0.750. The lowest BCUT2D eigenvalue weighted by molar-refractivity contribution is -0.00829. The second kappa shape index (κ2) is 7.81. The Hall–Kier alpha value is -2.84. The van der Waals surface area contributed by atoms with Crippen molar-refractivity contribution in [3.8, 4) is 17.2 Å². The molecule has 27 heavy (non-hydrogen) atoms. The molecular weight excluding hydrogens is 340 g/mol. The number of carbonyl (C=O) groups is 1. The Balaban J connectivity index is 1.63. The average molecular weight is 364 g/mol. The first kappa shape index (κ1) is 18.9. The van der Waals surface area contributed by atoms with Gasteiger partial charge in [0.05, 0.1) is 18.3 Å². The molecule has 0 unspecified atom stereocenters. The van der Waals surface area contributed by atoms with Gasteiger partial charge in [-0.25, -0.2) is 4.79 Å². The first-order chi connectivity index (χ1) is 12.9. The molecule has 5 nitrogen and oxygen atoms in total. The van der Waals surface area contributed by atoms with Crippen LogP contribution >= 0.6 is 0 Å². The third kappa shape index (κ3) is 4.47. The number of nitrogens with one attached hydrogen (secondary N) is 1. The summed E-state index contributed by atoms with van der Waals surface area (Å²) in [6.07, 6.45) is -0.610. The summed E-state index contributed by atoms with van der Waals surface area (Å²) in [6.45, 7) is 6.03. The normalized spacial score (nSPS) is 14.0. The molecule has 1 aliphatic carbocycles. The van der Waals surface area contributed by atoms with Gasteiger partial charge < -0.3 is 14.8 Å². The van der Waals surface area contributed by atoms with Crippen LogP contribution in [0.1, 0.15) is 37.8 Å². The summed E-state index contributed by atoms with van der Waals surface area (Å²) in [6, 6.07) is 17.6. The van der Waals surface area contributed by atoms with Crippen molar-refractivity contribution in [1.29, 1.82) is 5.26 Å². The number of benzene rings is 2. The first-order valence-electron chi connectivity index (χ1n) is 9.04. The number of nitrogens with zero attached hydrogens (tertiary/aromatic N) is 1. The molecule has 0 fully saturated rings. The van der Waals surface area contributed by atoms with Gasteiger partial charge in [-0.1, -0.05) is 48.5 Å². The smallest absolute Gasteiger partial charge is 0.408 e. The Kier molecular flexibility index (Phi) is 5.48. The average Bonchev–Trinajstić information content (AvgIpc) is 2.97. The van der Waals surface area contributed by atoms with E-state index in [0.717, 1.165) is 11.1 Å². The maximum Gasteiger partial charge on any atom is 0.408 e. The topological polar surface area (TPSA) is 71.3 Å². The predicted molar refractivity (Wildman–Crippen MR) is 103 cm³/mol. The van der Waals surface area contributed by atoms with Gasteiger partial charge in [0.15, 0.2) is 0 Å². The zero-order chi connectivity index (χ0) is 19.4. The Labute approximate surface area is 159 Å². The zero-order valence-corrected chi connectivity index (χ0v) is 15.9. The van der Waals surface area contributed by atoms with E-state index in [1.54, 1.807) is 0 Å². The zero-order valence-electron chi connectivity index (χ0n) is 15.9. The van der Waals surface area contributed by atoms with Crippen LogP contribution in [-0.2, 0) is 9.47 Å². The van der Waals surface area contributed by atoms with E-state index < -0.39 is 12.1 Å². The molecule has 0 heterocycles. The summed E-state index contributed by atoms with van der Waals surface area (Å²) in [7, 11) is 0. The van der Waals surface area contributed by atoms with Gasteiger partial charge in [0.2, 0.25) is 0 Å². The minimum Gasteiger partial charge on any atom is -0.449 e. The summed E-state index contributed by atoms with van der Waals surface area (Å²) in [5.74, 6) is -0.00508. The van der Waals surface area contributed by atoms with Gasteiger partial charge in [0.25, 0.3) is 0 Å². The van der Waals surface area contributed by atoms with Crippen LogP contribution in [0.25, 0.3) is 11.1 Å². The molecule has 0 aromatic heterocycles. The highest BCUT2D eigenvalue weighted by molar-refractivity contribution is 5.79. The number of hydrogen-bond acceptors (Lipinski definition) is 4. The minimum absolute atomic E-state index is 0.00508. The molecule has 1 atom stereocenters. The van der Waals surface area contributed by atoms with Crippen molar-refractivity contribution in [2.24, 2.45) is 0 Å². The highest BCUT2D eigenvalue weighted by Gasteiger charge is 2.29. The lowest BCUT2D eigenvalue weighted by Gasteiger charge is -2.22. The first-order valence-corrected chi connectivity index (χ1v) is 9.04. The molecule has 0 aliphatic heterocycles. The Morgan fingerprint density at radius 1 is 1.11 bits per heavy atom. The molecule has 1 amide bonds. The third-order valence-corrected chi connectivity index (χ3v) is 4.47. The number of hydrogen-bond donors (Lipinski definition) is 1. The highest BCUT2D eigenvalue weighted by Crippen LogP contribution is 2.44. The molecule has 0 bridgehead atoms. The van der Waals surface area contributed by atoms with Crippen molar-refractivity contribution in [3.05, 3.63) is 59.7 Å². The van der Waals surface area contributed by atoms with E-state index in [-0.39, 0.29) is 24.7 Å². The fourth-order valence-corrected chi connectivity index (χ4v) is 3.23. The van der Waals surface area contributed by atoms with E-state index in [4.69, 9.17) is 9.47 Å². The lowest BCUT2D eigenvalue weighted by atomic mass is 9.98. The van der Waals surface area contributed by atoms with Crippen molar-refractivity contribution < 1.29 is 14.3 Å². The number of carbonyl (C=O) groups excluding carboxylic acids is 1. The molecule has 0 radical (unpaired) electrons. The third-order valence-electron chi connectivity index (χ3n) is 4.47. The van der Waals surface area contributed by atoms with Crippen molar-refractivity contribution in [2.75, 3.05) is 13.2 Å². The Morgan fingerprint density at radius 2 is 1.67 bits per heavy atom. The molecule has 2 aromatic rings. The monoisotopic (exact) mass is 364 g/mol. The lowest BCUT2D eigenvalue weighted by Crippen LogP contribution is -2.40. The summed E-state index contributed by atoms with van der Waals surface area (Å²) in [5, 5.41) is 11.8. The molecule has 5 heteroatoms. The molecular formula is C22H24N2O3. The Morgan fingerprint density at radius 3 is 2.19 bits per heavy atom. The maximum atomic E-state index is 12.2. The van der Waals surface area contributed by atoms with E-state index >= 15 is 0 Å². The van der Waals surface area contributed by atoms with Gasteiger partial charge in [0, 0.05) is 5.92 Å². The van der Waals surface area contributed by atoms with Gasteiger partial charge in [0.1, 0.15) is 12.6 Å². The van der Waals surface area contributed by atoms with Gasteiger partial charge in [-0.15, -0.1) is 0 Å². The summed E-state index contributed by atoms with van der Waals surface area (Å²) in [4.78, 5) is 12.2. The standard InChI is InChI=1S/C22H24N2O3/c1-22(2,3)27-13-15(12-23)24-21(25)26-14-20-18-10-6-4-8-16(18)17-9-5-7-11-19(17)20/h4-11,15,20H,13-14H2,1-3H3,(H,24,25)/t15-/m1/s1. The highest BCUT2D eigenvalue weighted by atomic mass is 16.5. The molecule has 140 valence electrons. The summed E-state index contributed by atoms with van der Waals surface area (Å²) in [5.41, 5.74) is 4.28. The molecule has 1 N–H and O–H groups in total. The largest absolute Gasteiger partial charge is 0.449 e. The van der Waals surface area contributed by atoms with Crippen molar-refractivity contribution in [2.45, 2.75) is 38.3 Å². The number of alkyl carbamates (subject to hydrolysis) is 1. The molecule has 0 spiro atoms. The van der Waals surface area contributed by atoms with Crippen molar-refractivity contribution >= 4 is 6.09 Å². The van der Waals surface area contributed by atoms with Crippen molar-refractivity contribution in [1.82, 2.24) is 5.32 Å². The quantitative estimate of drug-likeness (QED) is 0.862. The summed E-state index contributed by atoms with van der Waals surface area (Å²) < 4.78 is 11.0. The van der Waals surface area contributed by atoms with Crippen LogP contribution in [0, 0.1) is 11.3 Å². The number of rotatable bonds is 5. The van der Waals surface area contributed by atoms with Gasteiger partial charge in [-0.2, -0.15) is 5.26 Å². The van der Waals surface area contributed by atoms with Gasteiger partial charge in [-0.05, 0) is 43.0 Å². The molecule has 0 saturated heterocycles. The fourth-order valence-electron chi connectivity index (χ4n) is 3.23. The van der Waals surface area contributed by atoms with E-state index in [1.807, 2.05) is 51.1 Å². The molecule has 0 saturated carbocycles. The summed E-state index contributed by atoms with van der Waals surface area (Å²) >= 11 is 0. The predicted octanol–water partition coefficient (Wildman–Crippen LogP) is 4.23. The van der Waals surface area contributed by atoms with E-state index in [1.165, 1.54) is 11.1 Å². The fraction of sp³-hybridized carbons (Fsp3) is 0.364. The van der Waals surface area contributed by atoms with Crippen LogP contribution in [0.2, 0.25) is 0 Å². The number of nitriles is 1. The SMILES string of the molecule is CC(C)(C)OC[C@@H](C#N)NC(=O)OCC1c2ccccc2-c2ccccc21. The van der Waals surface area contributed by atoms with Crippen molar-refractivity contribution in [3.63, 3.8) is 0 Å². The molecule has 1 aliphatic rings. The second-order valence-corrected chi connectivity index (χ2v) is 7.57. The van der Waals surface area contributed by atoms with Gasteiger partial charge >= 0.3 is 6.09 Å². The van der Waals surface area contributed by atoms with Crippen LogP contribution in [0.4, 0.5) is 4.79 Å². The van der Waals surface area contributed by atoms with Crippen LogP contribution in [0.5, 0.6) is 0 Å². The number of fused-ring (bicyclic) bond motifs is 3. The van der Waals surface area contributed by atoms with Crippen LogP contribution in [0.15, 0.2) is 48.5 Å². The number of amides is 1. The Bertz CT molecular complexity index is 819. The van der Waals surface area contributed by atoms with Crippen LogP contribution < -0.4 is 5.32 Å². The molecule has 2 aromatic carbocycles. The second-order valence-electron chi connectivity index (χ2n) is 7.57. The maximum absolute atomic E-state index is 12.2. The van der Waals surface area contributed by atoms with E-state index in [0.29, 0.717) is 0 Å². The van der Waals surface area contributed by atoms with Crippen LogP contribution in [0.3, 0.4) is 0 Å². The van der Waals surface area contributed by atoms with E-state index in [9.17, 15) is 10.1 Å². The van der Waals surface area contributed by atoms with Gasteiger partial charge in [-0.3, -0.25) is 0 Å².